The molecule has 0 spiro atoms. The first-order chi connectivity index (χ1) is 8.99. The fourth-order valence-electron chi connectivity index (χ4n) is 1.56. The molecule has 0 aliphatic rings. The van der Waals surface area contributed by atoms with Gasteiger partial charge in [0.1, 0.15) is 0 Å². The Labute approximate surface area is 110 Å². The van der Waals surface area contributed by atoms with Crippen LogP contribution in [-0.4, -0.2) is 29.4 Å². The van der Waals surface area contributed by atoms with E-state index in [0.717, 1.165) is 0 Å². The number of nitrogens with one attached hydrogen (secondary N) is 2. The number of hydrogen-bond acceptors (Lipinski definition) is 3. The Balaban J connectivity index is 2.67. The Morgan fingerprint density at radius 1 is 1.21 bits per heavy atom. The summed E-state index contributed by atoms with van der Waals surface area (Å²) in [6, 6.07) is 8.22. The molecule has 0 fully saturated rings. The highest BCUT2D eigenvalue weighted by atomic mass is 16.4. The summed E-state index contributed by atoms with van der Waals surface area (Å²) in [5, 5.41) is 13.8. The lowest BCUT2D eigenvalue weighted by Crippen LogP contribution is -2.38. The van der Waals surface area contributed by atoms with Crippen molar-refractivity contribution in [3.05, 3.63) is 35.9 Å². The van der Waals surface area contributed by atoms with Crippen molar-refractivity contribution in [3.8, 4) is 0 Å². The van der Waals surface area contributed by atoms with E-state index in [9.17, 15) is 14.4 Å². The molecule has 0 aliphatic carbocycles. The van der Waals surface area contributed by atoms with Crippen molar-refractivity contribution < 1.29 is 19.5 Å². The first-order valence-corrected chi connectivity index (χ1v) is 5.79. The number of amides is 2. The minimum absolute atomic E-state index is 0.168. The van der Waals surface area contributed by atoms with E-state index in [4.69, 9.17) is 5.11 Å². The first-order valence-electron chi connectivity index (χ1n) is 5.79. The molecule has 1 aromatic rings. The van der Waals surface area contributed by atoms with Crippen LogP contribution in [0.25, 0.3) is 0 Å². The van der Waals surface area contributed by atoms with E-state index in [0.29, 0.717) is 5.56 Å². The van der Waals surface area contributed by atoms with Gasteiger partial charge < -0.3 is 15.7 Å². The highest BCUT2D eigenvalue weighted by molar-refractivity contribution is 5.84. The van der Waals surface area contributed by atoms with Crippen molar-refractivity contribution in [3.63, 3.8) is 0 Å². The molecular weight excluding hydrogens is 248 g/mol. The first kappa shape index (κ1) is 14.7. The Hall–Kier alpha value is -2.37. The minimum Gasteiger partial charge on any atom is -0.481 e. The zero-order valence-electron chi connectivity index (χ0n) is 10.6. The highest BCUT2D eigenvalue weighted by Gasteiger charge is 2.17. The summed E-state index contributed by atoms with van der Waals surface area (Å²) >= 11 is 0. The van der Waals surface area contributed by atoms with E-state index >= 15 is 0 Å². The Bertz CT molecular complexity index is 459. The van der Waals surface area contributed by atoms with Crippen molar-refractivity contribution in [1.82, 2.24) is 10.6 Å². The van der Waals surface area contributed by atoms with Crippen LogP contribution in [0, 0.1) is 0 Å². The molecule has 19 heavy (non-hydrogen) atoms. The molecule has 6 heteroatoms. The third-order valence-corrected chi connectivity index (χ3v) is 2.41. The second-order valence-corrected chi connectivity index (χ2v) is 4.04. The fourth-order valence-corrected chi connectivity index (χ4v) is 1.56. The van der Waals surface area contributed by atoms with Gasteiger partial charge in [-0.1, -0.05) is 30.3 Å². The molecule has 0 heterocycles. The third kappa shape index (κ3) is 5.67. The lowest BCUT2D eigenvalue weighted by molar-refractivity contribution is -0.138. The number of carbonyl (C=O) groups excluding carboxylic acids is 2. The summed E-state index contributed by atoms with van der Waals surface area (Å²) in [6.45, 7) is 1.14. The molecule has 1 atom stereocenters. The van der Waals surface area contributed by atoms with E-state index < -0.39 is 17.9 Å². The van der Waals surface area contributed by atoms with Crippen LogP contribution in [0.3, 0.4) is 0 Å². The molecule has 3 N–H and O–H groups in total. The number of benzene rings is 1. The SMILES string of the molecule is CC(=O)NCC(=O)NC(CC(=O)O)c1ccccc1. The van der Waals surface area contributed by atoms with E-state index in [1.54, 1.807) is 30.3 Å². The normalized spacial score (nSPS) is 11.4. The number of hydrogen-bond donors (Lipinski definition) is 3. The van der Waals surface area contributed by atoms with Gasteiger partial charge in [-0.05, 0) is 5.56 Å². The van der Waals surface area contributed by atoms with Crippen LogP contribution in [0.4, 0.5) is 0 Å². The van der Waals surface area contributed by atoms with Gasteiger partial charge in [0.2, 0.25) is 11.8 Å². The molecule has 2 amide bonds. The van der Waals surface area contributed by atoms with Gasteiger partial charge in [0, 0.05) is 6.92 Å². The smallest absolute Gasteiger partial charge is 0.305 e. The van der Waals surface area contributed by atoms with Crippen LogP contribution in [0.2, 0.25) is 0 Å². The van der Waals surface area contributed by atoms with Gasteiger partial charge >= 0.3 is 5.97 Å². The van der Waals surface area contributed by atoms with Gasteiger partial charge in [-0.3, -0.25) is 14.4 Å². The van der Waals surface area contributed by atoms with Crippen LogP contribution in [0.5, 0.6) is 0 Å². The van der Waals surface area contributed by atoms with E-state index in [1.165, 1.54) is 6.92 Å². The zero-order chi connectivity index (χ0) is 14.3. The molecule has 102 valence electrons. The predicted molar refractivity (Wildman–Crippen MR) is 68.3 cm³/mol. The largest absolute Gasteiger partial charge is 0.481 e. The molecule has 1 aromatic carbocycles. The summed E-state index contributed by atoms with van der Waals surface area (Å²) in [5.74, 6) is -1.75. The number of carbonyl (C=O) groups is 3. The molecule has 0 saturated carbocycles. The number of rotatable bonds is 6. The lowest BCUT2D eigenvalue weighted by atomic mass is 10.0. The summed E-state index contributed by atoms with van der Waals surface area (Å²) in [5.41, 5.74) is 0.709. The van der Waals surface area contributed by atoms with Crippen molar-refractivity contribution in [2.45, 2.75) is 19.4 Å². The van der Waals surface area contributed by atoms with Crippen LogP contribution in [0.1, 0.15) is 24.9 Å². The van der Waals surface area contributed by atoms with E-state index in [-0.39, 0.29) is 18.9 Å². The number of carboxylic acids is 1. The van der Waals surface area contributed by atoms with Gasteiger partial charge in [0.25, 0.3) is 0 Å². The van der Waals surface area contributed by atoms with Crippen molar-refractivity contribution in [2.75, 3.05) is 6.54 Å². The number of aliphatic carboxylic acids is 1. The maximum Gasteiger partial charge on any atom is 0.305 e. The average molecular weight is 264 g/mol. The molecule has 0 saturated heterocycles. The molecule has 0 bridgehead atoms. The number of carboxylic acid groups (broad SMARTS) is 1. The molecule has 1 rings (SSSR count). The standard InChI is InChI=1S/C13H16N2O4/c1-9(16)14-8-12(17)15-11(7-13(18)19)10-5-3-2-4-6-10/h2-6,11H,7-8H2,1H3,(H,14,16)(H,15,17)(H,18,19). The van der Waals surface area contributed by atoms with Crippen LogP contribution in [0.15, 0.2) is 30.3 Å². The predicted octanol–water partition coefficient (Wildman–Crippen LogP) is 0.455. The van der Waals surface area contributed by atoms with Crippen LogP contribution >= 0.6 is 0 Å². The average Bonchev–Trinajstić information content (AvgIpc) is 2.36. The van der Waals surface area contributed by atoms with Gasteiger partial charge in [0.15, 0.2) is 0 Å². The van der Waals surface area contributed by atoms with Crippen molar-refractivity contribution in [1.29, 1.82) is 0 Å². The second-order valence-electron chi connectivity index (χ2n) is 4.04. The van der Waals surface area contributed by atoms with Gasteiger partial charge in [-0.2, -0.15) is 0 Å². The molecular formula is C13H16N2O4. The molecule has 6 nitrogen and oxygen atoms in total. The Morgan fingerprint density at radius 2 is 1.84 bits per heavy atom. The molecule has 0 radical (unpaired) electrons. The maximum atomic E-state index is 11.6. The summed E-state index contributed by atoms with van der Waals surface area (Å²) in [4.78, 5) is 33.1. The fraction of sp³-hybridized carbons (Fsp3) is 0.308. The minimum atomic E-state index is -1.01. The van der Waals surface area contributed by atoms with Gasteiger partial charge in [-0.15, -0.1) is 0 Å². The zero-order valence-corrected chi connectivity index (χ0v) is 10.6. The van der Waals surface area contributed by atoms with Crippen LogP contribution in [-0.2, 0) is 14.4 Å². The summed E-state index contributed by atoms with van der Waals surface area (Å²) in [6.07, 6.45) is -0.212. The molecule has 0 aliphatic heterocycles. The quantitative estimate of drug-likeness (QED) is 0.695. The highest BCUT2D eigenvalue weighted by Crippen LogP contribution is 2.16. The third-order valence-electron chi connectivity index (χ3n) is 2.41. The molecule has 0 aromatic heterocycles. The van der Waals surface area contributed by atoms with Crippen LogP contribution < -0.4 is 10.6 Å². The Kier molecular flexibility index (Phi) is 5.53. The maximum absolute atomic E-state index is 11.6. The van der Waals surface area contributed by atoms with E-state index in [1.807, 2.05) is 0 Å². The Morgan fingerprint density at radius 3 is 2.37 bits per heavy atom. The molecule has 1 unspecified atom stereocenters. The second kappa shape index (κ2) is 7.15. The van der Waals surface area contributed by atoms with Crippen molar-refractivity contribution >= 4 is 17.8 Å². The van der Waals surface area contributed by atoms with Crippen molar-refractivity contribution in [2.24, 2.45) is 0 Å². The summed E-state index contributed by atoms with van der Waals surface area (Å²) < 4.78 is 0. The monoisotopic (exact) mass is 264 g/mol. The lowest BCUT2D eigenvalue weighted by Gasteiger charge is -2.17. The summed E-state index contributed by atoms with van der Waals surface area (Å²) in [7, 11) is 0. The van der Waals surface area contributed by atoms with Gasteiger partial charge in [0.05, 0.1) is 19.0 Å². The topological polar surface area (TPSA) is 95.5 Å². The van der Waals surface area contributed by atoms with E-state index in [2.05, 4.69) is 10.6 Å². The van der Waals surface area contributed by atoms with Gasteiger partial charge in [-0.25, -0.2) is 0 Å².